The molecule has 3 aromatic rings. The van der Waals surface area contributed by atoms with Crippen molar-refractivity contribution in [1.29, 1.82) is 0 Å². The molecule has 2 aliphatic heterocycles. The Kier molecular flexibility index (Phi) is 5.36. The molecule has 7 heteroatoms. The Morgan fingerprint density at radius 1 is 1.26 bits per heavy atom. The molecule has 2 saturated heterocycles. The molecule has 2 fully saturated rings. The van der Waals surface area contributed by atoms with Gasteiger partial charge in [0, 0.05) is 54.9 Å². The number of hydrogen-bond acceptors (Lipinski definition) is 5. The molecule has 31 heavy (non-hydrogen) atoms. The number of hydrogen-bond donors (Lipinski definition) is 1. The Morgan fingerprint density at radius 2 is 2.13 bits per heavy atom. The third-order valence-corrected chi connectivity index (χ3v) is 7.89. The number of methoxy groups -OCH3 is 1. The van der Waals surface area contributed by atoms with Crippen LogP contribution in [-0.2, 0) is 6.54 Å². The van der Waals surface area contributed by atoms with E-state index in [1.54, 1.807) is 31.4 Å². The largest absolute Gasteiger partial charge is 0.497 e. The number of aromatic nitrogens is 1. The van der Waals surface area contributed by atoms with Gasteiger partial charge in [-0.05, 0) is 68.8 Å². The van der Waals surface area contributed by atoms with Crippen LogP contribution in [0.15, 0.2) is 48.7 Å². The highest BCUT2D eigenvalue weighted by molar-refractivity contribution is 7.98. The van der Waals surface area contributed by atoms with Gasteiger partial charge in [-0.1, -0.05) is 6.07 Å². The average molecular weight is 441 g/mol. The van der Waals surface area contributed by atoms with Gasteiger partial charge in [0.25, 0.3) is 0 Å². The van der Waals surface area contributed by atoms with Crippen LogP contribution in [0, 0.1) is 5.82 Å². The van der Waals surface area contributed by atoms with Crippen molar-refractivity contribution in [3.8, 4) is 5.75 Å². The minimum atomic E-state index is -0.178. The lowest BCUT2D eigenvalue weighted by Crippen LogP contribution is -2.56. The minimum absolute atomic E-state index is 0.0204. The van der Waals surface area contributed by atoms with E-state index in [1.165, 1.54) is 17.0 Å². The van der Waals surface area contributed by atoms with E-state index in [0.717, 1.165) is 49.4 Å². The fraction of sp³-hybridized carbons (Fsp3) is 0.417. The van der Waals surface area contributed by atoms with Gasteiger partial charge in [0.2, 0.25) is 0 Å². The molecule has 1 aromatic heterocycles. The van der Waals surface area contributed by atoms with Gasteiger partial charge >= 0.3 is 0 Å². The molecule has 2 aromatic carbocycles. The monoisotopic (exact) mass is 440 g/mol. The smallest absolute Gasteiger partial charge is 0.125 e. The van der Waals surface area contributed by atoms with Gasteiger partial charge < -0.3 is 9.72 Å². The van der Waals surface area contributed by atoms with Crippen molar-refractivity contribution in [1.82, 2.24) is 14.2 Å². The predicted octanol–water partition coefficient (Wildman–Crippen LogP) is 5.05. The number of nitrogens with zero attached hydrogens (tertiary/aromatic N) is 3. The molecule has 2 aliphatic rings. The molecule has 5 nitrogen and oxygen atoms in total. The SMILES string of the molecule is COc1ccc2[nH]cc(CN3CC[C@@]4(C[C@@H]3C)CN(C)SN4c3cccc(F)c3)c2c1. The molecule has 0 amide bonds. The second kappa shape index (κ2) is 8.04. The predicted molar refractivity (Wildman–Crippen MR) is 126 cm³/mol. The Morgan fingerprint density at radius 3 is 2.90 bits per heavy atom. The van der Waals surface area contributed by atoms with Crippen molar-refractivity contribution >= 4 is 28.7 Å². The molecule has 0 radical (unpaired) electrons. The van der Waals surface area contributed by atoms with Gasteiger partial charge in [-0.15, -0.1) is 0 Å². The van der Waals surface area contributed by atoms with Gasteiger partial charge in [0.05, 0.1) is 18.3 Å². The summed E-state index contributed by atoms with van der Waals surface area (Å²) in [6.07, 6.45) is 4.23. The van der Waals surface area contributed by atoms with Crippen molar-refractivity contribution in [3.05, 3.63) is 60.0 Å². The summed E-state index contributed by atoms with van der Waals surface area (Å²) in [6.45, 7) is 5.23. The molecule has 3 heterocycles. The van der Waals surface area contributed by atoms with E-state index in [1.807, 2.05) is 12.1 Å². The number of rotatable bonds is 4. The first-order valence-electron chi connectivity index (χ1n) is 10.8. The summed E-state index contributed by atoms with van der Waals surface area (Å²) in [4.78, 5) is 5.97. The molecule has 164 valence electrons. The van der Waals surface area contributed by atoms with Crippen LogP contribution in [-0.4, -0.2) is 53.0 Å². The Labute approximate surface area is 187 Å². The summed E-state index contributed by atoms with van der Waals surface area (Å²) < 4.78 is 24.0. The number of H-pyrrole nitrogens is 1. The van der Waals surface area contributed by atoms with E-state index < -0.39 is 0 Å². The third-order valence-electron chi connectivity index (χ3n) is 6.72. The summed E-state index contributed by atoms with van der Waals surface area (Å²) >= 11 is 1.71. The van der Waals surface area contributed by atoms with Gasteiger partial charge in [-0.3, -0.25) is 9.21 Å². The maximum Gasteiger partial charge on any atom is 0.125 e. The van der Waals surface area contributed by atoms with Crippen molar-refractivity contribution < 1.29 is 9.13 Å². The molecular weight excluding hydrogens is 411 g/mol. The molecule has 5 rings (SSSR count). The lowest BCUT2D eigenvalue weighted by molar-refractivity contribution is 0.101. The number of ether oxygens (including phenoxy) is 1. The number of aromatic amines is 1. The quantitative estimate of drug-likeness (QED) is 0.574. The Balaban J connectivity index is 1.36. The number of benzene rings is 2. The first-order valence-corrected chi connectivity index (χ1v) is 11.5. The summed E-state index contributed by atoms with van der Waals surface area (Å²) in [5, 5.41) is 1.23. The molecule has 1 spiro atoms. The van der Waals surface area contributed by atoms with Crippen molar-refractivity contribution in [2.45, 2.75) is 37.9 Å². The molecule has 0 bridgehead atoms. The zero-order chi connectivity index (χ0) is 21.6. The average Bonchev–Trinajstić information content (AvgIpc) is 3.30. The van der Waals surface area contributed by atoms with Gasteiger partial charge in [-0.25, -0.2) is 8.70 Å². The van der Waals surface area contributed by atoms with Crippen LogP contribution in [0.1, 0.15) is 25.3 Å². The van der Waals surface area contributed by atoms with Crippen LogP contribution in [0.3, 0.4) is 0 Å². The van der Waals surface area contributed by atoms with Crippen molar-refractivity contribution in [3.63, 3.8) is 0 Å². The van der Waals surface area contributed by atoms with Crippen LogP contribution in [0.5, 0.6) is 5.75 Å². The van der Waals surface area contributed by atoms with Gasteiger partial charge in [0.15, 0.2) is 0 Å². The molecule has 2 atom stereocenters. The zero-order valence-corrected chi connectivity index (χ0v) is 19.1. The topological polar surface area (TPSA) is 34.7 Å². The van der Waals surface area contributed by atoms with Gasteiger partial charge in [0.1, 0.15) is 11.6 Å². The highest BCUT2D eigenvalue weighted by atomic mass is 32.2. The normalized spacial score (nSPS) is 25.0. The second-order valence-corrected chi connectivity index (χ2v) is 10.0. The fourth-order valence-corrected chi connectivity index (χ4v) is 6.39. The zero-order valence-electron chi connectivity index (χ0n) is 18.3. The molecule has 0 unspecified atom stereocenters. The van der Waals surface area contributed by atoms with Gasteiger partial charge in [-0.2, -0.15) is 0 Å². The lowest BCUT2D eigenvalue weighted by atomic mass is 9.82. The number of anilines is 1. The minimum Gasteiger partial charge on any atom is -0.497 e. The van der Waals surface area contributed by atoms with E-state index in [2.05, 4.69) is 50.8 Å². The maximum absolute atomic E-state index is 13.9. The number of halogens is 1. The fourth-order valence-electron chi connectivity index (χ4n) is 5.21. The first-order chi connectivity index (χ1) is 15.0. The first kappa shape index (κ1) is 20.7. The maximum atomic E-state index is 13.9. The lowest BCUT2D eigenvalue weighted by Gasteiger charge is -2.47. The third kappa shape index (κ3) is 3.79. The molecule has 0 aliphatic carbocycles. The highest BCUT2D eigenvalue weighted by Crippen LogP contribution is 2.47. The van der Waals surface area contributed by atoms with Crippen LogP contribution in [0.4, 0.5) is 10.1 Å². The number of nitrogens with one attached hydrogen (secondary N) is 1. The summed E-state index contributed by atoms with van der Waals surface area (Å²) in [6, 6.07) is 13.6. The molecular formula is C24H29FN4OS. The Bertz CT molecular complexity index is 1090. The van der Waals surface area contributed by atoms with E-state index in [9.17, 15) is 4.39 Å². The van der Waals surface area contributed by atoms with Crippen LogP contribution in [0.2, 0.25) is 0 Å². The van der Waals surface area contributed by atoms with Crippen molar-refractivity contribution in [2.75, 3.05) is 31.6 Å². The summed E-state index contributed by atoms with van der Waals surface area (Å²) in [5.74, 6) is 0.707. The van der Waals surface area contributed by atoms with E-state index in [0.29, 0.717) is 6.04 Å². The van der Waals surface area contributed by atoms with E-state index in [4.69, 9.17) is 4.74 Å². The van der Waals surface area contributed by atoms with Crippen molar-refractivity contribution in [2.24, 2.45) is 0 Å². The van der Waals surface area contributed by atoms with E-state index >= 15 is 0 Å². The number of likely N-dealkylation sites (N-methyl/N-ethyl adjacent to an activating group) is 1. The van der Waals surface area contributed by atoms with E-state index in [-0.39, 0.29) is 11.4 Å². The Hall–Kier alpha value is -2.22. The van der Waals surface area contributed by atoms with Crippen LogP contribution >= 0.6 is 12.1 Å². The molecule has 0 saturated carbocycles. The molecule has 1 N–H and O–H groups in total. The standard InChI is InChI=1S/C24H29FN4OS/c1-17-13-24(16-27(2)31-29(24)20-6-4-5-19(25)11-20)9-10-28(17)15-18-14-26-23-8-7-21(30-3)12-22(18)23/h4-8,11-12,14,17,26H,9-10,13,15-16H2,1-3H3/t17-,24+/m0/s1. The second-order valence-electron chi connectivity index (χ2n) is 8.87. The summed E-state index contributed by atoms with van der Waals surface area (Å²) in [5.41, 5.74) is 3.42. The highest BCUT2D eigenvalue weighted by Gasteiger charge is 2.48. The number of fused-ring (bicyclic) bond motifs is 1. The number of likely N-dealkylation sites (tertiary alicyclic amines) is 1. The van der Waals surface area contributed by atoms with Crippen LogP contribution < -0.4 is 9.04 Å². The number of piperidine rings is 1. The summed E-state index contributed by atoms with van der Waals surface area (Å²) in [7, 11) is 3.84. The van der Waals surface area contributed by atoms with Crippen LogP contribution in [0.25, 0.3) is 10.9 Å².